The number of benzene rings is 3. The van der Waals surface area contributed by atoms with E-state index in [0.717, 1.165) is 36.4 Å². The van der Waals surface area contributed by atoms with Crippen molar-refractivity contribution < 1.29 is 31.1 Å². The first-order valence-corrected chi connectivity index (χ1v) is 8.56. The van der Waals surface area contributed by atoms with Gasteiger partial charge in [-0.05, 0) is 54.6 Å². The summed E-state index contributed by atoms with van der Waals surface area (Å²) in [5.41, 5.74) is -1.09. The smallest absolute Gasteiger partial charge is 0.355 e. The number of hydrogen-bond donors (Lipinski definition) is 2. The highest BCUT2D eigenvalue weighted by Crippen LogP contribution is 2.32. The molecule has 0 aliphatic rings. The third kappa shape index (κ3) is 5.11. The van der Waals surface area contributed by atoms with Crippen molar-refractivity contribution in [3.05, 3.63) is 89.5 Å². The van der Waals surface area contributed by atoms with E-state index < -0.39 is 29.4 Å². The van der Waals surface area contributed by atoms with Gasteiger partial charge in [-0.1, -0.05) is 18.2 Å². The van der Waals surface area contributed by atoms with E-state index in [1.165, 1.54) is 24.3 Å². The Bertz CT molecular complexity index is 1040. The minimum absolute atomic E-state index is 0.106. The molecule has 0 saturated heterocycles. The van der Waals surface area contributed by atoms with Crippen molar-refractivity contribution in [2.75, 3.05) is 10.6 Å². The SMILES string of the molecule is O=C(Nc1ccc(C(F)(F)F)cc1)c1ccccc1Nc1cccc(C(F)(F)F)c1. The summed E-state index contributed by atoms with van der Waals surface area (Å²) in [6, 6.07) is 14.5. The number of amides is 1. The van der Waals surface area contributed by atoms with Gasteiger partial charge in [0.15, 0.2) is 0 Å². The Kier molecular flexibility index (Phi) is 5.73. The van der Waals surface area contributed by atoms with Gasteiger partial charge in [-0.3, -0.25) is 4.79 Å². The molecule has 1 amide bonds. The van der Waals surface area contributed by atoms with Crippen LogP contribution >= 0.6 is 0 Å². The lowest BCUT2D eigenvalue weighted by atomic mass is 10.1. The van der Waals surface area contributed by atoms with E-state index in [1.54, 1.807) is 12.1 Å². The summed E-state index contributed by atoms with van der Waals surface area (Å²) in [4.78, 5) is 12.6. The zero-order chi connectivity index (χ0) is 21.9. The third-order valence-electron chi connectivity index (χ3n) is 4.11. The molecule has 0 aliphatic carbocycles. The van der Waals surface area contributed by atoms with Gasteiger partial charge < -0.3 is 10.6 Å². The third-order valence-corrected chi connectivity index (χ3v) is 4.11. The maximum atomic E-state index is 12.9. The Morgan fingerprint density at radius 2 is 1.30 bits per heavy atom. The highest BCUT2D eigenvalue weighted by Gasteiger charge is 2.31. The minimum Gasteiger partial charge on any atom is -0.355 e. The fraction of sp³-hybridized carbons (Fsp3) is 0.0952. The van der Waals surface area contributed by atoms with E-state index in [2.05, 4.69) is 10.6 Å². The van der Waals surface area contributed by atoms with Crippen molar-refractivity contribution in [2.45, 2.75) is 12.4 Å². The molecule has 0 saturated carbocycles. The number of carbonyl (C=O) groups is 1. The molecule has 0 fully saturated rings. The number of nitrogens with one attached hydrogen (secondary N) is 2. The van der Waals surface area contributed by atoms with Gasteiger partial charge in [-0.2, -0.15) is 26.3 Å². The minimum atomic E-state index is -4.52. The molecule has 3 nitrogen and oxygen atoms in total. The molecule has 0 bridgehead atoms. The van der Waals surface area contributed by atoms with Gasteiger partial charge in [0.05, 0.1) is 22.4 Å². The first-order valence-electron chi connectivity index (χ1n) is 8.56. The van der Waals surface area contributed by atoms with E-state index >= 15 is 0 Å². The molecular weight excluding hydrogens is 410 g/mol. The fourth-order valence-electron chi connectivity index (χ4n) is 2.66. The number of alkyl halides is 6. The van der Waals surface area contributed by atoms with Gasteiger partial charge >= 0.3 is 12.4 Å². The monoisotopic (exact) mass is 424 g/mol. The molecule has 2 N–H and O–H groups in total. The molecule has 0 heterocycles. The molecule has 3 aromatic carbocycles. The number of para-hydroxylation sites is 1. The van der Waals surface area contributed by atoms with Crippen molar-refractivity contribution in [1.82, 2.24) is 0 Å². The molecule has 156 valence electrons. The van der Waals surface area contributed by atoms with Gasteiger partial charge in [-0.15, -0.1) is 0 Å². The predicted octanol–water partition coefficient (Wildman–Crippen LogP) is 6.72. The summed E-state index contributed by atoms with van der Waals surface area (Å²) in [6.07, 6.45) is -9.01. The van der Waals surface area contributed by atoms with Gasteiger partial charge in [0.1, 0.15) is 0 Å². The van der Waals surface area contributed by atoms with E-state index in [9.17, 15) is 31.1 Å². The summed E-state index contributed by atoms with van der Waals surface area (Å²) in [5.74, 6) is -0.634. The first-order chi connectivity index (χ1) is 14.0. The number of hydrogen-bond acceptors (Lipinski definition) is 2. The lowest BCUT2D eigenvalue weighted by Crippen LogP contribution is -2.14. The number of halogens is 6. The van der Waals surface area contributed by atoms with Crippen LogP contribution in [0, 0.1) is 0 Å². The number of carbonyl (C=O) groups excluding carboxylic acids is 1. The quantitative estimate of drug-likeness (QED) is 0.457. The van der Waals surface area contributed by atoms with Crippen LogP contribution in [-0.2, 0) is 12.4 Å². The first kappa shape index (κ1) is 21.2. The predicted molar refractivity (Wildman–Crippen MR) is 101 cm³/mol. The van der Waals surface area contributed by atoms with Crippen LogP contribution < -0.4 is 10.6 Å². The van der Waals surface area contributed by atoms with Crippen molar-refractivity contribution >= 4 is 23.0 Å². The van der Waals surface area contributed by atoms with Crippen LogP contribution in [0.2, 0.25) is 0 Å². The normalized spacial score (nSPS) is 11.8. The van der Waals surface area contributed by atoms with E-state index in [1.807, 2.05) is 0 Å². The molecule has 30 heavy (non-hydrogen) atoms. The van der Waals surface area contributed by atoms with E-state index in [4.69, 9.17) is 0 Å². The van der Waals surface area contributed by atoms with Crippen LogP contribution in [0.5, 0.6) is 0 Å². The van der Waals surface area contributed by atoms with Crippen LogP contribution in [0.3, 0.4) is 0 Å². The molecule has 0 aromatic heterocycles. The van der Waals surface area contributed by atoms with Crippen LogP contribution in [0.25, 0.3) is 0 Å². The molecule has 0 aliphatic heterocycles. The van der Waals surface area contributed by atoms with Gasteiger partial charge in [-0.25, -0.2) is 0 Å². The Hall–Kier alpha value is -3.49. The maximum Gasteiger partial charge on any atom is 0.416 e. The van der Waals surface area contributed by atoms with Crippen LogP contribution in [0.4, 0.5) is 43.4 Å². The lowest BCUT2D eigenvalue weighted by Gasteiger charge is -2.14. The zero-order valence-electron chi connectivity index (χ0n) is 15.1. The van der Waals surface area contributed by atoms with E-state index in [0.29, 0.717) is 0 Å². The average Bonchev–Trinajstić information content (AvgIpc) is 2.67. The summed E-state index contributed by atoms with van der Waals surface area (Å²) in [6.45, 7) is 0. The number of anilines is 3. The highest BCUT2D eigenvalue weighted by molar-refractivity contribution is 6.08. The second-order valence-electron chi connectivity index (χ2n) is 6.28. The zero-order valence-corrected chi connectivity index (χ0v) is 15.1. The van der Waals surface area contributed by atoms with Gasteiger partial charge in [0.25, 0.3) is 5.91 Å². The van der Waals surface area contributed by atoms with Crippen molar-refractivity contribution in [1.29, 1.82) is 0 Å². The Balaban J connectivity index is 1.81. The molecule has 3 rings (SSSR count). The molecule has 0 atom stereocenters. The second kappa shape index (κ2) is 8.10. The van der Waals surface area contributed by atoms with Crippen molar-refractivity contribution in [2.24, 2.45) is 0 Å². The molecular formula is C21H14F6N2O. The second-order valence-corrected chi connectivity index (χ2v) is 6.28. The van der Waals surface area contributed by atoms with Crippen LogP contribution in [-0.4, -0.2) is 5.91 Å². The van der Waals surface area contributed by atoms with Gasteiger partial charge in [0.2, 0.25) is 0 Å². The summed E-state index contributed by atoms with van der Waals surface area (Å²) < 4.78 is 76.6. The summed E-state index contributed by atoms with van der Waals surface area (Å²) in [7, 11) is 0. The van der Waals surface area contributed by atoms with E-state index in [-0.39, 0.29) is 22.6 Å². The Labute approximate surface area is 167 Å². The maximum absolute atomic E-state index is 12.9. The Morgan fingerprint density at radius 3 is 1.93 bits per heavy atom. The van der Waals surface area contributed by atoms with Crippen molar-refractivity contribution in [3.8, 4) is 0 Å². The number of rotatable bonds is 4. The van der Waals surface area contributed by atoms with Crippen LogP contribution in [0.15, 0.2) is 72.8 Å². The molecule has 0 unspecified atom stereocenters. The molecule has 3 aromatic rings. The van der Waals surface area contributed by atoms with Crippen LogP contribution in [0.1, 0.15) is 21.5 Å². The Morgan fingerprint density at radius 1 is 0.667 bits per heavy atom. The fourth-order valence-corrected chi connectivity index (χ4v) is 2.66. The van der Waals surface area contributed by atoms with Gasteiger partial charge in [0, 0.05) is 11.4 Å². The largest absolute Gasteiger partial charge is 0.416 e. The standard InChI is InChI=1S/C21H14F6N2O/c22-20(23,24)13-8-10-15(11-9-13)29-19(30)17-6-1-2-7-18(17)28-16-5-3-4-14(12-16)21(25,26)27/h1-12,28H,(H,29,30). The summed E-state index contributed by atoms with van der Waals surface area (Å²) in [5, 5.41) is 5.24. The molecule has 0 spiro atoms. The van der Waals surface area contributed by atoms with Crippen molar-refractivity contribution in [3.63, 3.8) is 0 Å². The highest BCUT2D eigenvalue weighted by atomic mass is 19.4. The topological polar surface area (TPSA) is 41.1 Å². The average molecular weight is 424 g/mol. The molecule has 0 radical (unpaired) electrons. The lowest BCUT2D eigenvalue weighted by molar-refractivity contribution is -0.138. The summed E-state index contributed by atoms with van der Waals surface area (Å²) >= 11 is 0. The molecule has 9 heteroatoms.